The lowest BCUT2D eigenvalue weighted by Gasteiger charge is -2.34. The number of amides is 1. The highest BCUT2D eigenvalue weighted by molar-refractivity contribution is 5.80. The van der Waals surface area contributed by atoms with Crippen LogP contribution < -0.4 is 11.1 Å². The fourth-order valence-corrected chi connectivity index (χ4v) is 2.04. The maximum atomic E-state index is 12.2. The summed E-state index contributed by atoms with van der Waals surface area (Å²) in [6, 6.07) is 0.156. The molecule has 0 radical (unpaired) electrons. The molecule has 1 amide bonds. The molecular formula is C12H22F3N3O. The van der Waals surface area contributed by atoms with Gasteiger partial charge in [-0.15, -0.1) is 0 Å². The third kappa shape index (κ3) is 5.78. The first-order valence-corrected chi connectivity index (χ1v) is 6.42. The quantitative estimate of drug-likeness (QED) is 0.794. The van der Waals surface area contributed by atoms with Crippen LogP contribution in [0.4, 0.5) is 13.2 Å². The molecule has 7 heteroatoms. The predicted octanol–water partition coefficient (Wildman–Crippen LogP) is 1.11. The molecule has 1 heterocycles. The van der Waals surface area contributed by atoms with Gasteiger partial charge >= 0.3 is 6.18 Å². The van der Waals surface area contributed by atoms with Gasteiger partial charge in [-0.2, -0.15) is 13.2 Å². The van der Waals surface area contributed by atoms with Gasteiger partial charge in [-0.3, -0.25) is 9.69 Å². The Morgan fingerprint density at radius 1 is 1.32 bits per heavy atom. The first-order chi connectivity index (χ1) is 8.60. The lowest BCUT2D eigenvalue weighted by Crippen LogP contribution is -2.49. The highest BCUT2D eigenvalue weighted by Gasteiger charge is 2.33. The van der Waals surface area contributed by atoms with Crippen molar-refractivity contribution in [3.05, 3.63) is 0 Å². The van der Waals surface area contributed by atoms with Crippen LogP contribution in [-0.2, 0) is 4.79 Å². The minimum absolute atomic E-state index is 0.156. The molecule has 1 fully saturated rings. The van der Waals surface area contributed by atoms with Gasteiger partial charge in [0.15, 0.2) is 0 Å². The fraction of sp³-hybridized carbons (Fsp3) is 0.917. The number of hydrogen-bond acceptors (Lipinski definition) is 3. The molecule has 4 nitrogen and oxygen atoms in total. The van der Waals surface area contributed by atoms with Crippen LogP contribution in [0.5, 0.6) is 0 Å². The second-order valence-electron chi connectivity index (χ2n) is 5.79. The molecule has 0 aliphatic carbocycles. The number of carbonyl (C=O) groups excluding carboxylic acids is 1. The number of nitrogens with zero attached hydrogens (tertiary/aromatic N) is 1. The summed E-state index contributed by atoms with van der Waals surface area (Å²) in [5, 5.41) is 3.22. The van der Waals surface area contributed by atoms with Crippen molar-refractivity contribution in [3.63, 3.8) is 0 Å². The molecule has 1 rings (SSSR count). The summed E-state index contributed by atoms with van der Waals surface area (Å²) in [6.45, 7) is 3.96. The van der Waals surface area contributed by atoms with E-state index < -0.39 is 18.1 Å². The number of nitrogens with two attached hydrogens (primary N) is 1. The van der Waals surface area contributed by atoms with E-state index >= 15 is 0 Å². The van der Waals surface area contributed by atoms with Gasteiger partial charge in [-0.1, -0.05) is 0 Å². The number of nitrogens with one attached hydrogen (secondary N) is 1. The summed E-state index contributed by atoms with van der Waals surface area (Å²) in [7, 11) is 0. The van der Waals surface area contributed by atoms with Crippen LogP contribution in [-0.4, -0.2) is 49.2 Å². The smallest absolute Gasteiger partial charge is 0.369 e. The van der Waals surface area contributed by atoms with Crippen LogP contribution >= 0.6 is 0 Å². The van der Waals surface area contributed by atoms with Crippen LogP contribution in [0.3, 0.4) is 0 Å². The van der Waals surface area contributed by atoms with Gasteiger partial charge in [0.1, 0.15) is 0 Å². The molecule has 0 aromatic rings. The van der Waals surface area contributed by atoms with E-state index in [1.54, 1.807) is 13.8 Å². The Morgan fingerprint density at radius 2 is 1.84 bits per heavy atom. The molecule has 1 saturated heterocycles. The third-order valence-corrected chi connectivity index (χ3v) is 3.49. The highest BCUT2D eigenvalue weighted by atomic mass is 19.4. The summed E-state index contributed by atoms with van der Waals surface area (Å²) in [6.07, 6.45) is -2.82. The zero-order chi connectivity index (χ0) is 14.7. The molecule has 0 spiro atoms. The number of hydrogen-bond donors (Lipinski definition) is 2. The number of carbonyl (C=O) groups is 1. The van der Waals surface area contributed by atoms with E-state index in [-0.39, 0.29) is 11.9 Å². The molecule has 19 heavy (non-hydrogen) atoms. The van der Waals surface area contributed by atoms with Gasteiger partial charge < -0.3 is 11.1 Å². The van der Waals surface area contributed by atoms with Gasteiger partial charge in [0.25, 0.3) is 0 Å². The SMILES string of the molecule is CC(C)(CNC1CCN(CC(F)(F)F)CC1)C(N)=O. The highest BCUT2D eigenvalue weighted by Crippen LogP contribution is 2.20. The average Bonchev–Trinajstić information content (AvgIpc) is 2.26. The van der Waals surface area contributed by atoms with Crippen molar-refractivity contribution in [1.29, 1.82) is 0 Å². The Labute approximate surface area is 111 Å². The molecular weight excluding hydrogens is 259 g/mol. The molecule has 0 aromatic heterocycles. The summed E-state index contributed by atoms with van der Waals surface area (Å²) in [4.78, 5) is 12.6. The number of rotatable bonds is 5. The Balaban J connectivity index is 2.29. The van der Waals surface area contributed by atoms with Crippen molar-refractivity contribution in [2.45, 2.75) is 38.9 Å². The zero-order valence-electron chi connectivity index (χ0n) is 11.4. The Hall–Kier alpha value is -0.820. The first-order valence-electron chi connectivity index (χ1n) is 6.42. The second kappa shape index (κ2) is 6.09. The molecule has 1 aliphatic rings. The minimum atomic E-state index is -4.13. The number of halogens is 3. The van der Waals surface area contributed by atoms with Crippen molar-refractivity contribution in [2.75, 3.05) is 26.2 Å². The second-order valence-corrected chi connectivity index (χ2v) is 5.79. The Morgan fingerprint density at radius 3 is 2.26 bits per heavy atom. The number of piperidine rings is 1. The summed E-state index contributed by atoms with van der Waals surface area (Å²) in [5.41, 5.74) is 4.63. The lowest BCUT2D eigenvalue weighted by atomic mass is 9.91. The number of alkyl halides is 3. The number of likely N-dealkylation sites (tertiary alicyclic amines) is 1. The zero-order valence-corrected chi connectivity index (χ0v) is 11.4. The van der Waals surface area contributed by atoms with E-state index in [2.05, 4.69) is 5.32 Å². The van der Waals surface area contributed by atoms with Crippen LogP contribution in [0.2, 0.25) is 0 Å². The van der Waals surface area contributed by atoms with E-state index in [1.807, 2.05) is 0 Å². The molecule has 0 unspecified atom stereocenters. The summed E-state index contributed by atoms with van der Waals surface area (Å²) < 4.78 is 36.7. The summed E-state index contributed by atoms with van der Waals surface area (Å²) >= 11 is 0. The van der Waals surface area contributed by atoms with Crippen molar-refractivity contribution < 1.29 is 18.0 Å². The molecule has 0 saturated carbocycles. The Kier molecular flexibility index (Phi) is 5.20. The van der Waals surface area contributed by atoms with Gasteiger partial charge in [-0.25, -0.2) is 0 Å². The third-order valence-electron chi connectivity index (χ3n) is 3.49. The minimum Gasteiger partial charge on any atom is -0.369 e. The monoisotopic (exact) mass is 281 g/mol. The van der Waals surface area contributed by atoms with E-state index in [0.29, 0.717) is 32.5 Å². The van der Waals surface area contributed by atoms with Gasteiger partial charge in [-0.05, 0) is 39.8 Å². The molecule has 112 valence electrons. The first kappa shape index (κ1) is 16.2. The average molecular weight is 281 g/mol. The molecule has 1 aliphatic heterocycles. The van der Waals surface area contributed by atoms with Crippen LogP contribution in [0, 0.1) is 5.41 Å². The fourth-order valence-electron chi connectivity index (χ4n) is 2.04. The normalized spacial score (nSPS) is 19.6. The molecule has 0 aromatic carbocycles. The summed E-state index contributed by atoms with van der Waals surface area (Å²) in [5.74, 6) is -0.380. The van der Waals surface area contributed by atoms with E-state index in [1.165, 1.54) is 4.90 Å². The van der Waals surface area contributed by atoms with Crippen LogP contribution in [0.15, 0.2) is 0 Å². The van der Waals surface area contributed by atoms with Crippen molar-refractivity contribution in [1.82, 2.24) is 10.2 Å². The van der Waals surface area contributed by atoms with Crippen molar-refractivity contribution in [3.8, 4) is 0 Å². The van der Waals surface area contributed by atoms with E-state index in [4.69, 9.17) is 5.73 Å². The van der Waals surface area contributed by atoms with Gasteiger partial charge in [0.05, 0.1) is 12.0 Å². The molecule has 0 atom stereocenters. The molecule has 3 N–H and O–H groups in total. The largest absolute Gasteiger partial charge is 0.401 e. The van der Waals surface area contributed by atoms with Gasteiger partial charge in [0, 0.05) is 12.6 Å². The predicted molar refractivity (Wildman–Crippen MR) is 66.5 cm³/mol. The standard InChI is InChI=1S/C12H22F3N3O/c1-11(2,10(16)19)7-17-9-3-5-18(6-4-9)8-12(13,14)15/h9,17H,3-8H2,1-2H3,(H2,16,19). The maximum absolute atomic E-state index is 12.2. The number of primary amides is 1. The van der Waals surface area contributed by atoms with E-state index in [0.717, 1.165) is 0 Å². The van der Waals surface area contributed by atoms with Crippen molar-refractivity contribution >= 4 is 5.91 Å². The molecule has 0 bridgehead atoms. The Bertz CT molecular complexity index is 310. The van der Waals surface area contributed by atoms with E-state index in [9.17, 15) is 18.0 Å². The topological polar surface area (TPSA) is 58.4 Å². The maximum Gasteiger partial charge on any atom is 0.401 e. The van der Waals surface area contributed by atoms with Crippen LogP contribution in [0.1, 0.15) is 26.7 Å². The van der Waals surface area contributed by atoms with Gasteiger partial charge in [0.2, 0.25) is 5.91 Å². The van der Waals surface area contributed by atoms with Crippen LogP contribution in [0.25, 0.3) is 0 Å². The van der Waals surface area contributed by atoms with Crippen molar-refractivity contribution in [2.24, 2.45) is 11.1 Å². The lowest BCUT2D eigenvalue weighted by molar-refractivity contribution is -0.148.